The predicted octanol–water partition coefficient (Wildman–Crippen LogP) is -1.13. The van der Waals surface area contributed by atoms with Crippen molar-refractivity contribution in [3.63, 3.8) is 0 Å². The van der Waals surface area contributed by atoms with E-state index in [0.717, 1.165) is 75.8 Å². The molecule has 2 aliphatic rings. The van der Waals surface area contributed by atoms with Crippen LogP contribution in [0.1, 0.15) is 40.3 Å². The summed E-state index contributed by atoms with van der Waals surface area (Å²) < 4.78 is 94.4. The molecule has 25 N–H and O–H groups in total. The lowest BCUT2D eigenvalue weighted by molar-refractivity contribution is -0.171. The molecule has 7 unspecified atom stereocenters. The van der Waals surface area contributed by atoms with E-state index in [0.29, 0.717) is 56.0 Å². The van der Waals surface area contributed by atoms with Gasteiger partial charge in [-0.3, -0.25) is 86.1 Å². The van der Waals surface area contributed by atoms with Crippen LogP contribution in [0.25, 0.3) is 54.5 Å². The van der Waals surface area contributed by atoms with Gasteiger partial charge < -0.3 is 113 Å². The number of nitrogens with zero attached hydrogens (tertiary/aromatic N) is 4. The van der Waals surface area contributed by atoms with E-state index >= 15 is 0 Å². The molecule has 0 bridgehead atoms. The standard InChI is InChI=1S/C42H41FN8O9.C16H15FN4O4.C11H12N2O2.C9H11FN2O6.C7H8FN3O4/c43-27-19-51(42(56)50-37(27)52)38-36(60-41(55)30(46)15-23-18-49-33-12-6-3-9-26(23)33)35(59-40(54)29(45)14-22-17-48-32-11-5-2-8-25(22)32)34(58-38)20-57-39(53)28(44)13-21-16-47-31-10-4-1-7-24(21)31;17-11-7-21(16(24)20-14(11)22)8-25-15(23)12(18)5-9-6-19-13-4-2-1-3-10(9)13;12-9(11(14)15)5-7-6-13-10-4-2-1-3-8(7)10;10-3-1-12(9(17)11-7(3)16)8-6(15)5(14)4(2-13)18-8;8-4-2-11(3-15-5(12)1-9)7(14)10-6(4)13/h1-12,16-19,28-30,34-36,38,47-49H,13-15,20,44-46H2,(H,50,52,56);1-4,6-7,12,19H,5,8,18H2,(H,20,22,24);1-4,6,9,13H,5,12H2,(H,14,15);1,4-6,8,13-15H,2H2,(H,11,16,17);2H,1,3,9H2,(H,10,13,14)/t28?,29?,30?,34-,35+,36?,38-;;;4-,5+,6?,8-;/m1..1./s1. The van der Waals surface area contributed by atoms with E-state index in [2.05, 4.69) is 29.7 Å². The Morgan fingerprint density at radius 3 is 1.05 bits per heavy atom. The Kier molecular flexibility index (Phi) is 31.5. The molecule has 11 heterocycles. The van der Waals surface area contributed by atoms with Crippen LogP contribution in [-0.2, 0) is 107 Å². The van der Waals surface area contributed by atoms with Crippen molar-refractivity contribution in [3.05, 3.63) is 312 Å². The number of aliphatic carboxylic acids is 1. The summed E-state index contributed by atoms with van der Waals surface area (Å²) in [5, 5.41) is 41.2. The fourth-order valence-corrected chi connectivity index (χ4v) is 14.2. The molecule has 5 aromatic carbocycles. The van der Waals surface area contributed by atoms with Crippen LogP contribution in [-0.4, -0.2) is 206 Å². The van der Waals surface area contributed by atoms with Crippen LogP contribution in [0.2, 0.25) is 0 Å². The van der Waals surface area contributed by atoms with E-state index in [9.17, 15) is 94.9 Å². The number of halogens is 4. The first-order valence-corrected chi connectivity index (χ1v) is 40.2. The number of carboxylic acid groups (broad SMARTS) is 1. The fraction of sp³-hybridized carbons (Fsp3) is 0.271. The lowest BCUT2D eigenvalue weighted by atomic mass is 10.0. The molecule has 48 heteroatoms. The lowest BCUT2D eigenvalue weighted by Gasteiger charge is -2.27. The van der Waals surface area contributed by atoms with Crippen molar-refractivity contribution >= 4 is 90.3 Å². The Labute approximate surface area is 740 Å². The second-order valence-electron chi connectivity index (χ2n) is 30.1. The SMILES string of the molecule is NC(Cc1c[nH]c2ccccc12)C(=O)O.NC(Cc1c[nH]c2ccccc12)C(=O)OC[C@H]1O[C@@H](n2cc(F)c(=O)[nH]c2=O)C(OC(=O)C(N)Cc2c[nH]c3ccccc23)[C@H]1OC(=O)C(N)Cc1c[nH]c2ccccc12.NC(Cc1c[nH]c2ccccc12)C(=O)OCn1cc(F)c(=O)[nH]c1=O.NCC(=O)OCn1cc(F)c(=O)[nH]c1=O.O=c1[nH]c(=O)n([C@@H]2O[C@H](CO)[C@H](O)C2O)cc1F. The molecule has 0 saturated carbocycles. The molecule has 44 nitrogen and oxygen atoms in total. The maximum Gasteiger partial charge on any atom is 0.331 e. The molecule has 9 aromatic heterocycles. The molecule has 0 radical (unpaired) electrons. The van der Waals surface area contributed by atoms with Crippen LogP contribution in [0.4, 0.5) is 17.6 Å². The Balaban J connectivity index is 0.000000177. The Morgan fingerprint density at radius 1 is 0.391 bits per heavy atom. The van der Waals surface area contributed by atoms with Crippen LogP contribution in [0.5, 0.6) is 0 Å². The summed E-state index contributed by atoms with van der Waals surface area (Å²) >= 11 is 0. The molecule has 700 valence electrons. The summed E-state index contributed by atoms with van der Waals surface area (Å²) in [6.07, 6.45) is -0.0668. The van der Waals surface area contributed by atoms with Gasteiger partial charge in [-0.05, 0) is 58.1 Å². The number of aromatic amines is 9. The highest BCUT2D eigenvalue weighted by Crippen LogP contribution is 2.36. The molecule has 2 saturated heterocycles. The summed E-state index contributed by atoms with van der Waals surface area (Å²) in [4.78, 5) is 188. The minimum atomic E-state index is -1.74. The highest BCUT2D eigenvalue weighted by Gasteiger charge is 2.53. The Morgan fingerprint density at radius 2 is 0.699 bits per heavy atom. The highest BCUT2D eigenvalue weighted by molar-refractivity contribution is 5.89. The van der Waals surface area contributed by atoms with Gasteiger partial charge in [-0.25, -0.2) is 19.2 Å². The number of carboxylic acids is 1. The second-order valence-corrected chi connectivity index (χ2v) is 30.1. The molecule has 0 aliphatic carbocycles. The molecule has 2 aliphatic heterocycles. The number of H-pyrrole nitrogens is 9. The van der Waals surface area contributed by atoms with Crippen molar-refractivity contribution in [1.82, 2.24) is 63.1 Å². The summed E-state index contributed by atoms with van der Waals surface area (Å²) in [6.45, 7) is -2.60. The summed E-state index contributed by atoms with van der Waals surface area (Å²) in [6, 6.07) is 32.1. The zero-order valence-electron chi connectivity index (χ0n) is 69.4. The number of ether oxygens (including phenoxy) is 7. The number of benzene rings is 5. The number of aromatic nitrogens is 13. The molecular weight excluding hydrogens is 1760 g/mol. The van der Waals surface area contributed by atoms with Gasteiger partial charge in [0.1, 0.15) is 61.2 Å². The number of carbonyl (C=O) groups excluding carboxylic acids is 5. The van der Waals surface area contributed by atoms with Crippen molar-refractivity contribution in [1.29, 1.82) is 0 Å². The highest BCUT2D eigenvalue weighted by atomic mass is 19.1. The number of nitrogens with one attached hydrogen (secondary N) is 9. The first kappa shape index (κ1) is 96.7. The minimum Gasteiger partial charge on any atom is -0.480 e. The van der Waals surface area contributed by atoms with Crippen molar-refractivity contribution in [2.45, 2.75) is 125 Å². The summed E-state index contributed by atoms with van der Waals surface area (Å²) in [5.41, 5.74) is 35.1. The van der Waals surface area contributed by atoms with Crippen LogP contribution in [0, 0.1) is 23.3 Å². The topological polar surface area (TPSA) is 702 Å². The number of carbonyl (C=O) groups is 6. The Hall–Kier alpha value is -15.4. The van der Waals surface area contributed by atoms with Gasteiger partial charge in [0.05, 0.1) is 37.9 Å². The van der Waals surface area contributed by atoms with Gasteiger partial charge in [0.2, 0.25) is 23.3 Å². The molecular formula is C85H87F4N19O25. The third-order valence-electron chi connectivity index (χ3n) is 21.0. The number of hydrogen-bond donors (Lipinski definition) is 19. The zero-order chi connectivity index (χ0) is 95.8. The normalized spacial score (nSPS) is 17.9. The number of para-hydroxylation sites is 5. The number of hydrogen-bond acceptors (Lipinski definition) is 30. The second kappa shape index (κ2) is 43.4. The van der Waals surface area contributed by atoms with Crippen LogP contribution < -0.4 is 79.4 Å². The molecule has 0 amide bonds. The maximum atomic E-state index is 14.8. The maximum absolute atomic E-state index is 14.8. The third-order valence-corrected chi connectivity index (χ3v) is 21.0. The van der Waals surface area contributed by atoms with E-state index < -0.39 is 210 Å². The quantitative estimate of drug-likeness (QED) is 0.0164. The average Bonchev–Trinajstić information content (AvgIpc) is 1.62. The predicted molar refractivity (Wildman–Crippen MR) is 462 cm³/mol. The molecule has 0 spiro atoms. The smallest absolute Gasteiger partial charge is 0.331 e. The van der Waals surface area contributed by atoms with Gasteiger partial charge in [-0.2, -0.15) is 17.6 Å². The van der Waals surface area contributed by atoms with Crippen LogP contribution in [0.15, 0.2) is 215 Å². The van der Waals surface area contributed by atoms with Gasteiger partial charge in [-0.1, -0.05) is 91.0 Å². The van der Waals surface area contributed by atoms with Crippen molar-refractivity contribution in [2.24, 2.45) is 34.4 Å². The first-order chi connectivity index (χ1) is 63.6. The number of rotatable bonds is 27. The lowest BCUT2D eigenvalue weighted by Crippen LogP contribution is -2.48. The van der Waals surface area contributed by atoms with E-state index in [1.165, 1.54) is 0 Å². The van der Waals surface area contributed by atoms with Gasteiger partial charge in [0.25, 0.3) is 22.2 Å². The first-order valence-electron chi connectivity index (χ1n) is 40.2. The Bertz CT molecular complexity index is 7090. The average molecular weight is 1850 g/mol. The fourth-order valence-electron chi connectivity index (χ4n) is 14.2. The number of aliphatic hydroxyl groups is 3. The monoisotopic (exact) mass is 1850 g/mol. The van der Waals surface area contributed by atoms with Gasteiger partial charge in [0.15, 0.2) is 38.1 Å². The van der Waals surface area contributed by atoms with Crippen molar-refractivity contribution < 1.29 is 99.9 Å². The van der Waals surface area contributed by atoms with E-state index in [1.54, 1.807) is 39.7 Å². The van der Waals surface area contributed by atoms with E-state index in [1.807, 2.05) is 133 Å². The number of aliphatic hydroxyl groups excluding tert-OH is 3. The van der Waals surface area contributed by atoms with Gasteiger partial charge >= 0.3 is 58.6 Å². The van der Waals surface area contributed by atoms with Gasteiger partial charge in [-0.15, -0.1) is 0 Å². The van der Waals surface area contributed by atoms with Crippen LogP contribution in [0.3, 0.4) is 0 Å². The zero-order valence-corrected chi connectivity index (χ0v) is 69.4. The largest absolute Gasteiger partial charge is 0.480 e. The van der Waals surface area contributed by atoms with Crippen molar-refractivity contribution in [2.75, 3.05) is 19.8 Å². The van der Waals surface area contributed by atoms with Gasteiger partial charge in [0, 0.05) is 118 Å². The summed E-state index contributed by atoms with van der Waals surface area (Å²) in [5.74, 6) is -10.2. The molecule has 14 aromatic rings. The third kappa shape index (κ3) is 23.4. The molecule has 2 fully saturated rings. The van der Waals surface area contributed by atoms with Crippen molar-refractivity contribution in [3.8, 4) is 0 Å². The van der Waals surface area contributed by atoms with E-state index in [-0.39, 0.29) is 32.2 Å². The minimum absolute atomic E-state index is 0.00360. The number of esters is 5. The number of nitrogens with two attached hydrogens (primary N) is 6. The number of fused-ring (bicyclic) bond motifs is 5. The summed E-state index contributed by atoms with van der Waals surface area (Å²) in [7, 11) is 0. The van der Waals surface area contributed by atoms with Crippen LogP contribution >= 0.6 is 0 Å². The molecule has 13 atom stereocenters. The molecule has 133 heavy (non-hydrogen) atoms. The molecule has 16 rings (SSSR count). The van der Waals surface area contributed by atoms with E-state index in [4.69, 9.17) is 73.0 Å².